The van der Waals surface area contributed by atoms with Crippen LogP contribution in [-0.2, 0) is 19.3 Å². The Hall–Kier alpha value is -2.90. The van der Waals surface area contributed by atoms with E-state index >= 15 is 0 Å². The van der Waals surface area contributed by atoms with Gasteiger partial charge >= 0.3 is 6.18 Å². The van der Waals surface area contributed by atoms with Gasteiger partial charge < -0.3 is 4.90 Å². The zero-order chi connectivity index (χ0) is 19.5. The Labute approximate surface area is 153 Å². The van der Waals surface area contributed by atoms with Gasteiger partial charge in [0.2, 0.25) is 0 Å². The molecular formula is C19H17F3N4O. The number of nitrogens with zero attached hydrogens (tertiary/aromatic N) is 4. The predicted octanol–water partition coefficient (Wildman–Crippen LogP) is 3.83. The average Bonchev–Trinajstić information content (AvgIpc) is 3.17. The van der Waals surface area contributed by atoms with Gasteiger partial charge in [-0.2, -0.15) is 18.3 Å². The topological polar surface area (TPSA) is 50.5 Å². The molecule has 1 aliphatic heterocycles. The van der Waals surface area contributed by atoms with Gasteiger partial charge in [-0.15, -0.1) is 0 Å². The number of hydrogen-bond donors (Lipinski definition) is 0. The highest BCUT2D eigenvalue weighted by Crippen LogP contribution is 2.34. The summed E-state index contributed by atoms with van der Waals surface area (Å²) in [5, 5.41) is 4.53. The number of amides is 1. The number of aryl methyl sites for hydroxylation is 2. The van der Waals surface area contributed by atoms with E-state index in [4.69, 9.17) is 0 Å². The monoisotopic (exact) mass is 374 g/mol. The van der Waals surface area contributed by atoms with E-state index in [9.17, 15) is 18.0 Å². The normalized spacial score (nSPS) is 14.1. The van der Waals surface area contributed by atoms with Crippen LogP contribution in [0.4, 0.5) is 13.2 Å². The first-order valence-electron chi connectivity index (χ1n) is 8.48. The lowest BCUT2D eigenvalue weighted by atomic mass is 10.1. The fraction of sp³-hybridized carbons (Fsp3) is 0.316. The van der Waals surface area contributed by atoms with Crippen molar-refractivity contribution in [2.45, 2.75) is 40.0 Å². The first kappa shape index (κ1) is 17.5. The number of rotatable bonds is 1. The molecule has 5 nitrogen and oxygen atoms in total. The van der Waals surface area contributed by atoms with Crippen LogP contribution in [0.15, 0.2) is 24.3 Å². The summed E-state index contributed by atoms with van der Waals surface area (Å²) in [7, 11) is 0. The molecule has 0 aliphatic carbocycles. The number of alkyl halides is 3. The predicted molar refractivity (Wildman–Crippen MR) is 92.2 cm³/mol. The van der Waals surface area contributed by atoms with Crippen molar-refractivity contribution < 1.29 is 18.0 Å². The molecule has 0 saturated carbocycles. The first-order valence-corrected chi connectivity index (χ1v) is 8.48. The van der Waals surface area contributed by atoms with Gasteiger partial charge in [-0.25, -0.2) is 9.50 Å². The molecule has 0 atom stereocenters. The molecule has 0 N–H and O–H groups in total. The third-order valence-corrected chi connectivity index (χ3v) is 5.16. The van der Waals surface area contributed by atoms with Crippen LogP contribution in [0.2, 0.25) is 0 Å². The number of benzene rings is 1. The lowest BCUT2D eigenvalue weighted by Gasteiger charge is -2.19. The summed E-state index contributed by atoms with van der Waals surface area (Å²) in [4.78, 5) is 18.7. The van der Waals surface area contributed by atoms with Gasteiger partial charge in [-0.1, -0.05) is 12.1 Å². The van der Waals surface area contributed by atoms with Gasteiger partial charge in [-0.3, -0.25) is 4.79 Å². The maximum atomic E-state index is 13.2. The minimum atomic E-state index is -4.58. The maximum Gasteiger partial charge on any atom is 0.417 e. The van der Waals surface area contributed by atoms with Crippen molar-refractivity contribution in [3.05, 3.63) is 63.6 Å². The highest BCUT2D eigenvalue weighted by atomic mass is 19.4. The van der Waals surface area contributed by atoms with E-state index in [-0.39, 0.29) is 18.7 Å². The van der Waals surface area contributed by atoms with E-state index in [0.717, 1.165) is 28.6 Å². The lowest BCUT2D eigenvalue weighted by molar-refractivity contribution is -0.138. The van der Waals surface area contributed by atoms with Gasteiger partial charge in [0.15, 0.2) is 5.65 Å². The van der Waals surface area contributed by atoms with E-state index < -0.39 is 17.6 Å². The fourth-order valence-corrected chi connectivity index (χ4v) is 3.44. The van der Waals surface area contributed by atoms with Crippen LogP contribution >= 0.6 is 0 Å². The molecule has 1 aliphatic rings. The van der Waals surface area contributed by atoms with Crippen LogP contribution in [0.5, 0.6) is 0 Å². The van der Waals surface area contributed by atoms with Crippen molar-refractivity contribution in [2.24, 2.45) is 0 Å². The Kier molecular flexibility index (Phi) is 3.76. The van der Waals surface area contributed by atoms with Crippen molar-refractivity contribution in [3.8, 4) is 0 Å². The largest absolute Gasteiger partial charge is 0.417 e. The Bertz CT molecular complexity index is 1080. The van der Waals surface area contributed by atoms with Crippen LogP contribution in [0, 0.1) is 20.8 Å². The molecule has 0 unspecified atom stereocenters. The zero-order valence-electron chi connectivity index (χ0n) is 15.1. The van der Waals surface area contributed by atoms with Crippen LogP contribution in [0.3, 0.4) is 0 Å². The molecule has 3 heterocycles. The third-order valence-electron chi connectivity index (χ3n) is 5.16. The Morgan fingerprint density at radius 1 is 1.11 bits per heavy atom. The van der Waals surface area contributed by atoms with Gasteiger partial charge in [0, 0.05) is 17.0 Å². The van der Waals surface area contributed by atoms with Crippen LogP contribution < -0.4 is 0 Å². The summed E-state index contributed by atoms with van der Waals surface area (Å²) in [6, 6.07) is 4.86. The Morgan fingerprint density at radius 2 is 1.81 bits per heavy atom. The minimum Gasteiger partial charge on any atom is -0.328 e. The van der Waals surface area contributed by atoms with Crippen molar-refractivity contribution in [1.82, 2.24) is 19.5 Å². The summed E-state index contributed by atoms with van der Waals surface area (Å²) in [6.45, 7) is 6.18. The Balaban J connectivity index is 1.71. The van der Waals surface area contributed by atoms with Crippen LogP contribution in [0.1, 0.15) is 44.1 Å². The summed E-state index contributed by atoms with van der Waals surface area (Å²) in [6.07, 6.45) is -4.58. The molecule has 4 rings (SSSR count). The van der Waals surface area contributed by atoms with Crippen LogP contribution in [0.25, 0.3) is 5.65 Å². The summed E-state index contributed by atoms with van der Waals surface area (Å²) in [5.74, 6) is -0.653. The highest BCUT2D eigenvalue weighted by Gasteiger charge is 2.37. The number of fused-ring (bicyclic) bond motifs is 3. The SMILES string of the molecule is Cc1nc2c3c(nn2c(C)c1C)CN(C(=O)c1ccccc1C(F)(F)F)C3. The molecule has 1 aromatic carbocycles. The smallest absolute Gasteiger partial charge is 0.328 e. The zero-order valence-corrected chi connectivity index (χ0v) is 15.1. The fourth-order valence-electron chi connectivity index (χ4n) is 3.44. The van der Waals surface area contributed by atoms with Gasteiger partial charge in [-0.05, 0) is 38.5 Å². The number of aromatic nitrogens is 3. The maximum absolute atomic E-state index is 13.2. The van der Waals surface area contributed by atoms with Crippen LogP contribution in [-0.4, -0.2) is 25.4 Å². The highest BCUT2D eigenvalue weighted by molar-refractivity contribution is 5.96. The van der Waals surface area contributed by atoms with E-state index in [2.05, 4.69) is 10.1 Å². The standard InChI is InChI=1S/C19H17F3N4O/c1-10-11(2)23-17-14-8-25(9-16(14)24-26(17)12(10)3)18(27)13-6-4-5-7-15(13)19(20,21)22/h4-7H,8-9H2,1-3H3. The molecule has 8 heteroatoms. The number of hydrogen-bond acceptors (Lipinski definition) is 3. The second-order valence-electron chi connectivity index (χ2n) is 6.77. The quantitative estimate of drug-likeness (QED) is 0.651. The number of carbonyl (C=O) groups is 1. The van der Waals surface area contributed by atoms with Crippen molar-refractivity contribution in [3.63, 3.8) is 0 Å². The second-order valence-corrected chi connectivity index (χ2v) is 6.77. The third kappa shape index (κ3) is 2.67. The molecule has 2 aromatic heterocycles. The van der Waals surface area contributed by atoms with Gasteiger partial charge in [0.25, 0.3) is 5.91 Å². The molecule has 1 amide bonds. The van der Waals surface area contributed by atoms with E-state index in [0.29, 0.717) is 11.3 Å². The summed E-state index contributed by atoms with van der Waals surface area (Å²) < 4.78 is 41.5. The lowest BCUT2D eigenvalue weighted by Crippen LogP contribution is -2.28. The van der Waals surface area contributed by atoms with E-state index in [1.165, 1.54) is 23.1 Å². The molecule has 140 valence electrons. The molecule has 0 fully saturated rings. The molecular weight excluding hydrogens is 357 g/mol. The van der Waals surface area contributed by atoms with E-state index in [1.54, 1.807) is 4.52 Å². The molecule has 3 aromatic rings. The minimum absolute atomic E-state index is 0.168. The number of carbonyl (C=O) groups excluding carboxylic acids is 1. The first-order chi connectivity index (χ1) is 12.7. The average molecular weight is 374 g/mol. The summed E-state index contributed by atoms with van der Waals surface area (Å²) in [5.41, 5.74) is 3.73. The van der Waals surface area contributed by atoms with Gasteiger partial charge in [0.05, 0.1) is 29.9 Å². The second kappa shape index (κ2) is 5.80. The van der Waals surface area contributed by atoms with Gasteiger partial charge in [0.1, 0.15) is 0 Å². The summed E-state index contributed by atoms with van der Waals surface area (Å²) >= 11 is 0. The molecule has 0 radical (unpaired) electrons. The molecule has 0 bridgehead atoms. The van der Waals surface area contributed by atoms with Crippen molar-refractivity contribution in [1.29, 1.82) is 0 Å². The van der Waals surface area contributed by atoms with E-state index in [1.807, 2.05) is 20.8 Å². The number of halogens is 3. The Morgan fingerprint density at radius 3 is 2.52 bits per heavy atom. The van der Waals surface area contributed by atoms with Crippen molar-refractivity contribution in [2.75, 3.05) is 0 Å². The molecule has 27 heavy (non-hydrogen) atoms. The molecule has 0 spiro atoms. The molecule has 0 saturated heterocycles. The van der Waals surface area contributed by atoms with Crippen molar-refractivity contribution >= 4 is 11.6 Å².